The van der Waals surface area contributed by atoms with Crippen molar-refractivity contribution in [1.29, 1.82) is 0 Å². The fourth-order valence-corrected chi connectivity index (χ4v) is 4.66. The lowest BCUT2D eigenvalue weighted by molar-refractivity contribution is -0.135. The molecular formula is C19H23NO4. The first kappa shape index (κ1) is 15.6. The summed E-state index contributed by atoms with van der Waals surface area (Å²) in [6, 6.07) is 7.14. The van der Waals surface area contributed by atoms with Crippen LogP contribution in [-0.4, -0.2) is 30.5 Å². The summed E-state index contributed by atoms with van der Waals surface area (Å²) in [5.41, 5.74) is 0.335. The molecule has 1 aliphatic heterocycles. The van der Waals surface area contributed by atoms with E-state index in [9.17, 15) is 9.59 Å². The molecule has 1 amide bonds. The van der Waals surface area contributed by atoms with Crippen LogP contribution in [0.15, 0.2) is 24.3 Å². The maximum Gasteiger partial charge on any atom is 0.235 e. The van der Waals surface area contributed by atoms with Crippen molar-refractivity contribution < 1.29 is 19.1 Å². The molecule has 2 saturated carbocycles. The first-order chi connectivity index (χ1) is 11.5. The second-order valence-electron chi connectivity index (χ2n) is 7.53. The van der Waals surface area contributed by atoms with Crippen LogP contribution in [0.5, 0.6) is 5.75 Å². The predicted octanol–water partition coefficient (Wildman–Crippen LogP) is 2.94. The highest BCUT2D eigenvalue weighted by Crippen LogP contribution is 2.64. The van der Waals surface area contributed by atoms with E-state index in [-0.39, 0.29) is 28.8 Å². The van der Waals surface area contributed by atoms with Crippen molar-refractivity contribution in [2.45, 2.75) is 50.7 Å². The summed E-state index contributed by atoms with van der Waals surface area (Å²) in [4.78, 5) is 25.4. The van der Waals surface area contributed by atoms with Gasteiger partial charge in [0.25, 0.3) is 0 Å². The van der Waals surface area contributed by atoms with Crippen LogP contribution in [0.2, 0.25) is 0 Å². The van der Waals surface area contributed by atoms with Crippen molar-refractivity contribution >= 4 is 17.4 Å². The van der Waals surface area contributed by atoms with Gasteiger partial charge in [-0.1, -0.05) is 19.8 Å². The number of ether oxygens (including phenoxy) is 2. The molecular weight excluding hydrogens is 306 g/mol. The Kier molecular flexibility index (Phi) is 3.46. The molecule has 5 heteroatoms. The van der Waals surface area contributed by atoms with E-state index in [0.29, 0.717) is 12.1 Å². The number of hydrogen-bond acceptors (Lipinski definition) is 4. The first-order valence-corrected chi connectivity index (χ1v) is 8.66. The van der Waals surface area contributed by atoms with Crippen LogP contribution >= 0.6 is 0 Å². The number of ketones is 1. The molecule has 1 heterocycles. The molecule has 24 heavy (non-hydrogen) atoms. The van der Waals surface area contributed by atoms with Gasteiger partial charge >= 0.3 is 0 Å². The van der Waals surface area contributed by atoms with Gasteiger partial charge in [0.05, 0.1) is 7.11 Å². The van der Waals surface area contributed by atoms with Crippen LogP contribution in [0.3, 0.4) is 0 Å². The Hall–Kier alpha value is -1.88. The monoisotopic (exact) mass is 329 g/mol. The average molecular weight is 329 g/mol. The van der Waals surface area contributed by atoms with Crippen LogP contribution in [0, 0.1) is 11.3 Å². The molecule has 3 fully saturated rings. The van der Waals surface area contributed by atoms with Gasteiger partial charge in [-0.05, 0) is 43.5 Å². The van der Waals surface area contributed by atoms with Crippen molar-refractivity contribution in [2.24, 2.45) is 11.3 Å². The Labute approximate surface area is 141 Å². The molecule has 3 aliphatic rings. The molecule has 4 rings (SSSR count). The zero-order valence-electron chi connectivity index (χ0n) is 14.1. The van der Waals surface area contributed by atoms with Gasteiger partial charge in [0.15, 0.2) is 5.78 Å². The van der Waals surface area contributed by atoms with Gasteiger partial charge in [-0.15, -0.1) is 0 Å². The predicted molar refractivity (Wildman–Crippen MR) is 88.9 cm³/mol. The smallest absolute Gasteiger partial charge is 0.235 e. The standard InChI is InChI=1S/C19H23NO4/c1-18-9-3-4-10-19(18)16(24-19)15(21)14(11-18)17(22)20-12-5-7-13(23-2)8-6-12/h5-8,14,16H,3-4,9-11H2,1-2H3,(H,20,22)/t14?,16-,18+,19-/m1/s1. The van der Waals surface area contributed by atoms with Gasteiger partial charge < -0.3 is 14.8 Å². The van der Waals surface area contributed by atoms with Gasteiger partial charge in [-0.3, -0.25) is 9.59 Å². The van der Waals surface area contributed by atoms with Gasteiger partial charge in [-0.25, -0.2) is 0 Å². The lowest BCUT2D eigenvalue weighted by Gasteiger charge is -2.44. The third-order valence-corrected chi connectivity index (χ3v) is 6.17. The molecule has 5 nitrogen and oxygen atoms in total. The van der Waals surface area contributed by atoms with Crippen LogP contribution in [0.1, 0.15) is 39.0 Å². The quantitative estimate of drug-likeness (QED) is 0.684. The number of epoxide rings is 1. The Morgan fingerprint density at radius 1 is 1.25 bits per heavy atom. The summed E-state index contributed by atoms with van der Waals surface area (Å²) in [6.07, 6.45) is 4.46. The molecule has 4 atom stereocenters. The summed E-state index contributed by atoms with van der Waals surface area (Å²) < 4.78 is 11.0. The maximum atomic E-state index is 12.7. The van der Waals surface area contributed by atoms with E-state index in [1.165, 1.54) is 0 Å². The SMILES string of the molecule is COc1ccc(NC(=O)C2C[C@]3(C)CCCC[C@]34O[C@@H]4C2=O)cc1. The van der Waals surface area contributed by atoms with Crippen LogP contribution in [-0.2, 0) is 14.3 Å². The molecule has 128 valence electrons. The van der Waals surface area contributed by atoms with E-state index < -0.39 is 5.92 Å². The number of methoxy groups -OCH3 is 1. The number of benzene rings is 1. The van der Waals surface area contributed by atoms with Crippen LogP contribution in [0.4, 0.5) is 5.69 Å². The number of amides is 1. The van der Waals surface area contributed by atoms with E-state index in [1.54, 1.807) is 31.4 Å². The molecule has 1 unspecified atom stereocenters. The fraction of sp³-hybridized carbons (Fsp3) is 0.579. The van der Waals surface area contributed by atoms with E-state index >= 15 is 0 Å². The average Bonchev–Trinajstić information content (AvgIpc) is 3.32. The highest BCUT2D eigenvalue weighted by molar-refractivity contribution is 6.10. The highest BCUT2D eigenvalue weighted by Gasteiger charge is 2.74. The summed E-state index contributed by atoms with van der Waals surface area (Å²) in [7, 11) is 1.60. The lowest BCUT2D eigenvalue weighted by Crippen LogP contribution is -2.52. The Morgan fingerprint density at radius 2 is 1.96 bits per heavy atom. The van der Waals surface area contributed by atoms with Crippen LogP contribution < -0.4 is 10.1 Å². The normalized spacial score (nSPS) is 37.2. The Morgan fingerprint density at radius 3 is 2.67 bits per heavy atom. The molecule has 2 aliphatic carbocycles. The second-order valence-corrected chi connectivity index (χ2v) is 7.53. The summed E-state index contributed by atoms with van der Waals surface area (Å²) >= 11 is 0. The molecule has 1 spiro atoms. The Bertz CT molecular complexity index is 685. The number of carbonyl (C=O) groups excluding carboxylic acids is 2. The van der Waals surface area contributed by atoms with E-state index in [2.05, 4.69) is 12.2 Å². The minimum atomic E-state index is -0.615. The van der Waals surface area contributed by atoms with Gasteiger partial charge in [-0.2, -0.15) is 0 Å². The number of carbonyl (C=O) groups is 2. The van der Waals surface area contributed by atoms with Crippen molar-refractivity contribution in [3.63, 3.8) is 0 Å². The van der Waals surface area contributed by atoms with Gasteiger partial charge in [0, 0.05) is 11.1 Å². The zero-order valence-corrected chi connectivity index (χ0v) is 14.1. The van der Waals surface area contributed by atoms with E-state index in [1.807, 2.05) is 0 Å². The fourth-order valence-electron chi connectivity index (χ4n) is 4.66. The second kappa shape index (κ2) is 5.31. The molecule has 0 radical (unpaired) electrons. The molecule has 1 saturated heterocycles. The molecule has 1 aromatic carbocycles. The topological polar surface area (TPSA) is 67.9 Å². The van der Waals surface area contributed by atoms with E-state index in [0.717, 1.165) is 31.4 Å². The maximum absolute atomic E-state index is 12.7. The van der Waals surface area contributed by atoms with Crippen molar-refractivity contribution in [1.82, 2.24) is 0 Å². The zero-order chi connectivity index (χ0) is 16.9. The lowest BCUT2D eigenvalue weighted by atomic mass is 9.57. The van der Waals surface area contributed by atoms with Crippen molar-refractivity contribution in [3.05, 3.63) is 24.3 Å². The minimum Gasteiger partial charge on any atom is -0.497 e. The summed E-state index contributed by atoms with van der Waals surface area (Å²) in [5.74, 6) is -0.148. The largest absolute Gasteiger partial charge is 0.497 e. The molecule has 0 aromatic heterocycles. The minimum absolute atomic E-state index is 0.0413. The third kappa shape index (κ3) is 2.18. The number of anilines is 1. The third-order valence-electron chi connectivity index (χ3n) is 6.17. The summed E-state index contributed by atoms with van der Waals surface area (Å²) in [5, 5.41) is 2.87. The highest BCUT2D eigenvalue weighted by atomic mass is 16.6. The Balaban J connectivity index is 1.51. The van der Waals surface area contributed by atoms with Crippen molar-refractivity contribution in [3.8, 4) is 5.75 Å². The molecule has 1 aromatic rings. The number of hydrogen-bond donors (Lipinski definition) is 1. The van der Waals surface area contributed by atoms with Crippen LogP contribution in [0.25, 0.3) is 0 Å². The van der Waals surface area contributed by atoms with Crippen molar-refractivity contribution in [2.75, 3.05) is 12.4 Å². The van der Waals surface area contributed by atoms with E-state index in [4.69, 9.17) is 9.47 Å². The molecule has 0 bridgehead atoms. The molecule has 1 N–H and O–H groups in total. The van der Waals surface area contributed by atoms with Gasteiger partial charge in [0.2, 0.25) is 5.91 Å². The number of Topliss-reactive ketones (excluding diaryl/α,β-unsaturated/α-hetero) is 1. The number of rotatable bonds is 3. The first-order valence-electron chi connectivity index (χ1n) is 8.66. The number of nitrogens with one attached hydrogen (secondary N) is 1. The van der Waals surface area contributed by atoms with Gasteiger partial charge in [0.1, 0.15) is 23.4 Å². The summed E-state index contributed by atoms with van der Waals surface area (Å²) in [6.45, 7) is 2.19.